The number of aromatic nitrogens is 3. The zero-order chi connectivity index (χ0) is 24.3. The van der Waals surface area contributed by atoms with Gasteiger partial charge in [0.05, 0.1) is 24.4 Å². The summed E-state index contributed by atoms with van der Waals surface area (Å²) in [5, 5.41) is 6.43. The number of hydrogen-bond acceptors (Lipinski definition) is 6. The lowest BCUT2D eigenvalue weighted by Gasteiger charge is -2.16. The lowest BCUT2D eigenvalue weighted by molar-refractivity contribution is -0.123. The fourth-order valence-electron chi connectivity index (χ4n) is 4.13. The SMILES string of the molecule is COc1ccc(CNc2ccc(C3(C(=O)NCc4ccc(-c5cnc(N)[nH]5)cc4)CC3)cn2)cc1. The maximum atomic E-state index is 13.0. The normalized spacial score (nSPS) is 13.7. The molecule has 0 saturated heterocycles. The highest BCUT2D eigenvalue weighted by atomic mass is 16.5. The Kier molecular flexibility index (Phi) is 6.10. The fraction of sp³-hybridized carbons (Fsp3) is 0.222. The van der Waals surface area contributed by atoms with Crippen molar-refractivity contribution in [3.8, 4) is 17.0 Å². The Balaban J connectivity index is 1.16. The second kappa shape index (κ2) is 9.50. The van der Waals surface area contributed by atoms with E-state index in [9.17, 15) is 4.79 Å². The summed E-state index contributed by atoms with van der Waals surface area (Å²) in [6, 6.07) is 19.8. The number of nitrogens with zero attached hydrogens (tertiary/aromatic N) is 2. The summed E-state index contributed by atoms with van der Waals surface area (Å²) in [6.07, 6.45) is 5.18. The lowest BCUT2D eigenvalue weighted by Crippen LogP contribution is -2.34. The summed E-state index contributed by atoms with van der Waals surface area (Å²) in [6.45, 7) is 1.13. The molecule has 4 aromatic rings. The first-order valence-corrected chi connectivity index (χ1v) is 11.6. The average Bonchev–Trinajstić information content (AvgIpc) is 3.61. The molecular formula is C27H28N6O2. The molecule has 0 unspecified atom stereocenters. The number of ether oxygens (including phenoxy) is 1. The second-order valence-electron chi connectivity index (χ2n) is 8.78. The highest BCUT2D eigenvalue weighted by Crippen LogP contribution is 2.48. The molecular weight excluding hydrogens is 440 g/mol. The quantitative estimate of drug-likeness (QED) is 0.295. The molecule has 0 spiro atoms. The van der Waals surface area contributed by atoms with Crippen LogP contribution in [0.2, 0.25) is 0 Å². The Labute approximate surface area is 204 Å². The number of nitrogens with one attached hydrogen (secondary N) is 3. The number of nitrogen functional groups attached to an aromatic ring is 1. The monoisotopic (exact) mass is 468 g/mol. The minimum Gasteiger partial charge on any atom is -0.497 e. The van der Waals surface area contributed by atoms with E-state index < -0.39 is 5.41 Å². The minimum absolute atomic E-state index is 0.0451. The standard InChI is InChI=1S/C27H28N6O2/c1-35-22-9-4-19(5-10-22)14-29-24-11-8-21(16-30-24)27(12-13-27)25(34)31-15-18-2-6-20(7-3-18)23-17-32-26(28)33-23/h2-11,16-17H,12-15H2,1H3,(H,29,30)(H,31,34)(H3,28,32,33). The van der Waals surface area contributed by atoms with E-state index in [1.807, 2.05) is 66.9 Å². The maximum Gasteiger partial charge on any atom is 0.230 e. The number of aromatic amines is 1. The van der Waals surface area contributed by atoms with Crippen LogP contribution in [0.5, 0.6) is 5.75 Å². The van der Waals surface area contributed by atoms with Crippen molar-refractivity contribution in [3.05, 3.63) is 89.7 Å². The van der Waals surface area contributed by atoms with Crippen molar-refractivity contribution in [2.75, 3.05) is 18.2 Å². The van der Waals surface area contributed by atoms with Crippen LogP contribution < -0.4 is 21.1 Å². The number of H-pyrrole nitrogens is 1. The molecule has 1 fully saturated rings. The number of imidazole rings is 1. The predicted octanol–water partition coefficient (Wildman–Crippen LogP) is 4.02. The first kappa shape index (κ1) is 22.5. The van der Waals surface area contributed by atoms with Gasteiger partial charge in [0, 0.05) is 19.3 Å². The molecule has 0 atom stereocenters. The summed E-state index contributed by atoms with van der Waals surface area (Å²) in [4.78, 5) is 24.6. The van der Waals surface area contributed by atoms with Gasteiger partial charge in [-0.2, -0.15) is 0 Å². The smallest absolute Gasteiger partial charge is 0.230 e. The Morgan fingerprint density at radius 3 is 2.29 bits per heavy atom. The van der Waals surface area contributed by atoms with Gasteiger partial charge >= 0.3 is 0 Å². The van der Waals surface area contributed by atoms with E-state index >= 15 is 0 Å². The number of hydrogen-bond donors (Lipinski definition) is 4. The summed E-state index contributed by atoms with van der Waals surface area (Å²) >= 11 is 0. The molecule has 35 heavy (non-hydrogen) atoms. The molecule has 8 heteroatoms. The molecule has 8 nitrogen and oxygen atoms in total. The van der Waals surface area contributed by atoms with E-state index in [0.717, 1.165) is 52.4 Å². The van der Waals surface area contributed by atoms with Crippen molar-refractivity contribution in [2.24, 2.45) is 0 Å². The van der Waals surface area contributed by atoms with Crippen molar-refractivity contribution in [2.45, 2.75) is 31.3 Å². The first-order chi connectivity index (χ1) is 17.1. The van der Waals surface area contributed by atoms with Crippen LogP contribution in [0.25, 0.3) is 11.3 Å². The zero-order valence-corrected chi connectivity index (χ0v) is 19.5. The number of rotatable bonds is 9. The largest absolute Gasteiger partial charge is 0.497 e. The molecule has 1 amide bonds. The molecule has 1 saturated carbocycles. The summed E-state index contributed by atoms with van der Waals surface area (Å²) < 4.78 is 5.19. The third-order valence-corrected chi connectivity index (χ3v) is 6.45. The van der Waals surface area contributed by atoms with Gasteiger partial charge in [-0.15, -0.1) is 0 Å². The molecule has 0 bridgehead atoms. The van der Waals surface area contributed by atoms with E-state index in [-0.39, 0.29) is 5.91 Å². The molecule has 0 aliphatic heterocycles. The first-order valence-electron chi connectivity index (χ1n) is 11.6. The van der Waals surface area contributed by atoms with Gasteiger partial charge in [0.2, 0.25) is 5.91 Å². The highest BCUT2D eigenvalue weighted by Gasteiger charge is 2.51. The van der Waals surface area contributed by atoms with Gasteiger partial charge in [0.25, 0.3) is 0 Å². The van der Waals surface area contributed by atoms with Crippen molar-refractivity contribution in [1.29, 1.82) is 0 Å². The van der Waals surface area contributed by atoms with Crippen LogP contribution in [0.15, 0.2) is 73.1 Å². The highest BCUT2D eigenvalue weighted by molar-refractivity contribution is 5.91. The maximum absolute atomic E-state index is 13.0. The summed E-state index contributed by atoms with van der Waals surface area (Å²) in [7, 11) is 1.66. The number of nitrogens with two attached hydrogens (primary N) is 1. The molecule has 2 aromatic carbocycles. The second-order valence-corrected chi connectivity index (χ2v) is 8.78. The molecule has 5 rings (SSSR count). The number of carbonyl (C=O) groups excluding carboxylic acids is 1. The molecule has 1 aliphatic rings. The molecule has 2 heterocycles. The van der Waals surface area contributed by atoms with Crippen molar-refractivity contribution >= 4 is 17.7 Å². The summed E-state index contributed by atoms with van der Waals surface area (Å²) in [5.41, 5.74) is 10.2. The number of methoxy groups -OCH3 is 1. The number of carbonyl (C=O) groups is 1. The molecule has 178 valence electrons. The number of anilines is 2. The van der Waals surface area contributed by atoms with Crippen LogP contribution in [-0.4, -0.2) is 28.0 Å². The van der Waals surface area contributed by atoms with Gasteiger partial charge in [-0.3, -0.25) is 4.79 Å². The van der Waals surface area contributed by atoms with Crippen molar-refractivity contribution in [1.82, 2.24) is 20.3 Å². The zero-order valence-electron chi connectivity index (χ0n) is 19.5. The molecule has 1 aliphatic carbocycles. The van der Waals surface area contributed by atoms with Gasteiger partial charge in [0.15, 0.2) is 5.95 Å². The number of pyridine rings is 1. The van der Waals surface area contributed by atoms with E-state index in [1.54, 1.807) is 13.3 Å². The molecule has 5 N–H and O–H groups in total. The van der Waals surface area contributed by atoms with Crippen molar-refractivity contribution in [3.63, 3.8) is 0 Å². The predicted molar refractivity (Wildman–Crippen MR) is 136 cm³/mol. The van der Waals surface area contributed by atoms with Crippen LogP contribution >= 0.6 is 0 Å². The van der Waals surface area contributed by atoms with Gasteiger partial charge in [-0.25, -0.2) is 9.97 Å². The number of benzene rings is 2. The van der Waals surface area contributed by atoms with E-state index in [4.69, 9.17) is 10.5 Å². The molecule has 0 radical (unpaired) electrons. The topological polar surface area (TPSA) is 118 Å². The van der Waals surface area contributed by atoms with E-state index in [0.29, 0.717) is 19.0 Å². The van der Waals surface area contributed by atoms with Crippen LogP contribution in [0.3, 0.4) is 0 Å². The number of amides is 1. The van der Waals surface area contributed by atoms with Gasteiger partial charge in [0.1, 0.15) is 11.6 Å². The average molecular weight is 469 g/mol. The Morgan fingerprint density at radius 2 is 1.69 bits per heavy atom. The van der Waals surface area contributed by atoms with Crippen LogP contribution in [0.4, 0.5) is 11.8 Å². The van der Waals surface area contributed by atoms with Crippen molar-refractivity contribution < 1.29 is 9.53 Å². The Morgan fingerprint density at radius 1 is 0.971 bits per heavy atom. The minimum atomic E-state index is -0.477. The van der Waals surface area contributed by atoms with Gasteiger partial charge < -0.3 is 26.1 Å². The fourth-order valence-corrected chi connectivity index (χ4v) is 4.13. The van der Waals surface area contributed by atoms with Crippen LogP contribution in [-0.2, 0) is 23.3 Å². The third kappa shape index (κ3) is 4.96. The Bertz CT molecular complexity index is 1290. The van der Waals surface area contributed by atoms with Gasteiger partial charge in [-0.1, -0.05) is 42.5 Å². The van der Waals surface area contributed by atoms with Crippen LogP contribution in [0, 0.1) is 0 Å². The Hall–Kier alpha value is -4.33. The van der Waals surface area contributed by atoms with E-state index in [2.05, 4.69) is 25.6 Å². The summed E-state index contributed by atoms with van der Waals surface area (Å²) in [5.74, 6) is 2.05. The lowest BCUT2D eigenvalue weighted by atomic mass is 9.96. The van der Waals surface area contributed by atoms with Crippen LogP contribution in [0.1, 0.15) is 29.5 Å². The molecule has 2 aromatic heterocycles. The van der Waals surface area contributed by atoms with Gasteiger partial charge in [-0.05, 0) is 53.3 Å². The third-order valence-electron chi connectivity index (χ3n) is 6.45. The van der Waals surface area contributed by atoms with E-state index in [1.165, 1.54) is 0 Å².